The Morgan fingerprint density at radius 1 is 1.38 bits per heavy atom. The zero-order valence-corrected chi connectivity index (χ0v) is 8.36. The van der Waals surface area contributed by atoms with Crippen LogP contribution in [0.4, 0.5) is 4.39 Å². The van der Waals surface area contributed by atoms with E-state index in [1.54, 1.807) is 17.8 Å². The number of hydrogen-bond donors (Lipinski definition) is 1. The van der Waals surface area contributed by atoms with Crippen molar-refractivity contribution in [3.63, 3.8) is 0 Å². The molecule has 0 saturated carbocycles. The van der Waals surface area contributed by atoms with Crippen molar-refractivity contribution < 1.29 is 4.39 Å². The summed E-state index contributed by atoms with van der Waals surface area (Å²) in [7, 11) is 1.72. The lowest BCUT2D eigenvalue weighted by atomic mass is 10.1. The van der Waals surface area contributed by atoms with Crippen LogP contribution < -0.4 is 5.56 Å². The molecule has 6 heteroatoms. The van der Waals surface area contributed by atoms with E-state index in [1.165, 1.54) is 12.1 Å². The SMILES string of the molecule is Cn1nnc2[nH]c(=O)c3cc(F)ccc3c21. The first kappa shape index (κ1) is 9.02. The van der Waals surface area contributed by atoms with Gasteiger partial charge in [0, 0.05) is 12.4 Å². The van der Waals surface area contributed by atoms with E-state index < -0.39 is 5.82 Å². The highest BCUT2D eigenvalue weighted by Gasteiger charge is 2.10. The molecule has 2 aromatic heterocycles. The zero-order valence-electron chi connectivity index (χ0n) is 8.36. The van der Waals surface area contributed by atoms with Gasteiger partial charge in [0.05, 0.1) is 5.39 Å². The molecule has 0 aliphatic heterocycles. The molecule has 5 nitrogen and oxygen atoms in total. The molecular weight excluding hydrogens is 211 g/mol. The lowest BCUT2D eigenvalue weighted by Crippen LogP contribution is -2.07. The van der Waals surface area contributed by atoms with Crippen molar-refractivity contribution in [2.75, 3.05) is 0 Å². The minimum Gasteiger partial charge on any atom is -0.303 e. The van der Waals surface area contributed by atoms with E-state index in [9.17, 15) is 9.18 Å². The van der Waals surface area contributed by atoms with Crippen molar-refractivity contribution in [3.8, 4) is 0 Å². The number of halogens is 1. The number of aryl methyl sites for hydroxylation is 1. The van der Waals surface area contributed by atoms with Crippen molar-refractivity contribution in [2.24, 2.45) is 7.05 Å². The van der Waals surface area contributed by atoms with Crippen LogP contribution in [0, 0.1) is 5.82 Å². The van der Waals surface area contributed by atoms with Crippen LogP contribution >= 0.6 is 0 Å². The first-order chi connectivity index (χ1) is 7.66. The summed E-state index contributed by atoms with van der Waals surface area (Å²) in [6.07, 6.45) is 0. The second kappa shape index (κ2) is 2.88. The Labute approximate surface area is 88.5 Å². The number of benzene rings is 1. The van der Waals surface area contributed by atoms with Gasteiger partial charge in [0.2, 0.25) is 0 Å². The van der Waals surface area contributed by atoms with Gasteiger partial charge in [-0.15, -0.1) is 5.10 Å². The first-order valence-corrected chi connectivity index (χ1v) is 4.68. The van der Waals surface area contributed by atoms with Crippen LogP contribution in [0.25, 0.3) is 21.9 Å². The molecule has 0 fully saturated rings. The molecule has 0 aliphatic carbocycles. The number of H-pyrrole nitrogens is 1. The molecule has 0 saturated heterocycles. The number of rotatable bonds is 0. The van der Waals surface area contributed by atoms with Crippen LogP contribution in [0.5, 0.6) is 0 Å². The van der Waals surface area contributed by atoms with Crippen molar-refractivity contribution in [2.45, 2.75) is 0 Å². The fraction of sp³-hybridized carbons (Fsp3) is 0.100. The summed E-state index contributed by atoms with van der Waals surface area (Å²) < 4.78 is 14.6. The highest BCUT2D eigenvalue weighted by atomic mass is 19.1. The van der Waals surface area contributed by atoms with Gasteiger partial charge in [-0.25, -0.2) is 9.07 Å². The van der Waals surface area contributed by atoms with Gasteiger partial charge in [0.25, 0.3) is 5.56 Å². The van der Waals surface area contributed by atoms with Crippen molar-refractivity contribution in [1.29, 1.82) is 0 Å². The topological polar surface area (TPSA) is 63.6 Å². The number of nitrogens with zero attached hydrogens (tertiary/aromatic N) is 3. The highest BCUT2D eigenvalue weighted by molar-refractivity contribution is 6.01. The van der Waals surface area contributed by atoms with Crippen LogP contribution in [0.3, 0.4) is 0 Å². The van der Waals surface area contributed by atoms with Gasteiger partial charge in [-0.2, -0.15) is 0 Å². The smallest absolute Gasteiger partial charge is 0.257 e. The van der Waals surface area contributed by atoms with Crippen molar-refractivity contribution >= 4 is 21.9 Å². The van der Waals surface area contributed by atoms with E-state index in [-0.39, 0.29) is 5.56 Å². The summed E-state index contributed by atoms with van der Waals surface area (Å²) in [5, 5.41) is 8.58. The standard InChI is InChI=1S/C10H7FN4O/c1-15-8-6-3-2-5(11)4-7(6)10(16)12-9(8)13-14-15/h2-4H,1H3,(H,12,16). The third-order valence-corrected chi connectivity index (χ3v) is 2.54. The fourth-order valence-corrected chi connectivity index (χ4v) is 1.83. The van der Waals surface area contributed by atoms with Crippen LogP contribution in [-0.2, 0) is 7.05 Å². The number of fused-ring (bicyclic) bond motifs is 3. The lowest BCUT2D eigenvalue weighted by Gasteiger charge is -1.99. The molecule has 0 amide bonds. The molecule has 2 heterocycles. The normalized spacial score (nSPS) is 11.4. The number of aromatic nitrogens is 4. The molecule has 1 N–H and O–H groups in total. The summed E-state index contributed by atoms with van der Waals surface area (Å²) >= 11 is 0. The molecule has 3 aromatic rings. The second-order valence-electron chi connectivity index (χ2n) is 3.55. The maximum atomic E-state index is 13.1. The average Bonchev–Trinajstić information content (AvgIpc) is 2.61. The third kappa shape index (κ3) is 1.06. The Morgan fingerprint density at radius 3 is 3.00 bits per heavy atom. The largest absolute Gasteiger partial charge is 0.303 e. The van der Waals surface area contributed by atoms with Crippen LogP contribution in [-0.4, -0.2) is 20.0 Å². The van der Waals surface area contributed by atoms with Gasteiger partial charge in [0.15, 0.2) is 5.65 Å². The zero-order chi connectivity index (χ0) is 11.3. The predicted molar refractivity (Wildman–Crippen MR) is 56.6 cm³/mol. The molecule has 0 aliphatic rings. The Balaban J connectivity index is 2.68. The first-order valence-electron chi connectivity index (χ1n) is 4.68. The summed E-state index contributed by atoms with van der Waals surface area (Å²) in [5.41, 5.74) is 0.740. The van der Waals surface area contributed by atoms with Gasteiger partial charge in [-0.3, -0.25) is 4.79 Å². The van der Waals surface area contributed by atoms with Crippen LogP contribution in [0.15, 0.2) is 23.0 Å². The van der Waals surface area contributed by atoms with E-state index in [4.69, 9.17) is 0 Å². The molecule has 0 spiro atoms. The van der Waals surface area contributed by atoms with Crippen LogP contribution in [0.1, 0.15) is 0 Å². The second-order valence-corrected chi connectivity index (χ2v) is 3.55. The Bertz CT molecular complexity index is 758. The number of hydrogen-bond acceptors (Lipinski definition) is 3. The Hall–Kier alpha value is -2.24. The Morgan fingerprint density at radius 2 is 2.19 bits per heavy atom. The molecule has 1 aromatic carbocycles. The van der Waals surface area contributed by atoms with Crippen molar-refractivity contribution in [3.05, 3.63) is 34.4 Å². The molecule has 16 heavy (non-hydrogen) atoms. The summed E-state index contributed by atoms with van der Waals surface area (Å²) in [6.45, 7) is 0. The maximum Gasteiger partial charge on any atom is 0.257 e. The van der Waals surface area contributed by atoms with Gasteiger partial charge < -0.3 is 4.98 Å². The minimum atomic E-state index is -0.438. The van der Waals surface area contributed by atoms with E-state index in [0.29, 0.717) is 21.9 Å². The molecule has 0 unspecified atom stereocenters. The van der Waals surface area contributed by atoms with Crippen molar-refractivity contribution in [1.82, 2.24) is 20.0 Å². The Kier molecular flexibility index (Phi) is 1.62. The average molecular weight is 218 g/mol. The predicted octanol–water partition coefficient (Wildman–Crippen LogP) is 0.949. The molecule has 0 atom stereocenters. The highest BCUT2D eigenvalue weighted by Crippen LogP contribution is 2.19. The van der Waals surface area contributed by atoms with E-state index >= 15 is 0 Å². The monoisotopic (exact) mass is 218 g/mol. The van der Waals surface area contributed by atoms with Gasteiger partial charge in [0.1, 0.15) is 11.3 Å². The number of aromatic amines is 1. The van der Waals surface area contributed by atoms with E-state index in [1.807, 2.05) is 0 Å². The molecule has 0 radical (unpaired) electrons. The van der Waals surface area contributed by atoms with Gasteiger partial charge in [-0.05, 0) is 18.2 Å². The quantitative estimate of drug-likeness (QED) is 0.611. The summed E-state index contributed by atoms with van der Waals surface area (Å²) in [6, 6.07) is 4.08. The molecule has 3 rings (SSSR count). The number of pyridine rings is 1. The maximum absolute atomic E-state index is 13.1. The lowest BCUT2D eigenvalue weighted by molar-refractivity contribution is 0.629. The number of nitrogens with one attached hydrogen (secondary N) is 1. The third-order valence-electron chi connectivity index (χ3n) is 2.54. The van der Waals surface area contributed by atoms with Gasteiger partial charge in [-0.1, -0.05) is 5.21 Å². The summed E-state index contributed by atoms with van der Waals surface area (Å²) in [5.74, 6) is -0.438. The van der Waals surface area contributed by atoms with E-state index in [2.05, 4.69) is 15.3 Å². The van der Waals surface area contributed by atoms with Crippen LogP contribution in [0.2, 0.25) is 0 Å². The van der Waals surface area contributed by atoms with E-state index in [0.717, 1.165) is 0 Å². The summed E-state index contributed by atoms with van der Waals surface area (Å²) in [4.78, 5) is 14.2. The fourth-order valence-electron chi connectivity index (χ4n) is 1.83. The minimum absolute atomic E-state index is 0.304. The molecule has 80 valence electrons. The molecule has 0 bridgehead atoms. The molecular formula is C10H7FN4O. The van der Waals surface area contributed by atoms with Gasteiger partial charge >= 0.3 is 0 Å².